The van der Waals surface area contributed by atoms with Crippen LogP contribution in [0.5, 0.6) is 17.2 Å². The molecule has 1 heterocycles. The Morgan fingerprint density at radius 1 is 0.967 bits per heavy atom. The SMILES string of the molecule is CCOc1ccccc1CN1CCN(Cc2cc(OC)ccc2OC)C[C@@H]1CCO. The first-order valence-electron chi connectivity index (χ1n) is 10.7. The zero-order valence-corrected chi connectivity index (χ0v) is 18.3. The first kappa shape index (κ1) is 22.4. The van der Waals surface area contributed by atoms with E-state index in [1.807, 2.05) is 37.3 Å². The summed E-state index contributed by atoms with van der Waals surface area (Å²) in [6.07, 6.45) is 0.753. The van der Waals surface area contributed by atoms with Gasteiger partial charge in [0.2, 0.25) is 0 Å². The lowest BCUT2D eigenvalue weighted by Crippen LogP contribution is -2.52. The molecule has 1 saturated heterocycles. The second kappa shape index (κ2) is 11.2. The van der Waals surface area contributed by atoms with Gasteiger partial charge >= 0.3 is 0 Å². The molecule has 30 heavy (non-hydrogen) atoms. The van der Waals surface area contributed by atoms with Crippen molar-refractivity contribution < 1.29 is 19.3 Å². The van der Waals surface area contributed by atoms with Gasteiger partial charge in [0.25, 0.3) is 0 Å². The maximum Gasteiger partial charge on any atom is 0.123 e. The Bertz CT molecular complexity index is 799. The van der Waals surface area contributed by atoms with Gasteiger partial charge in [-0.25, -0.2) is 0 Å². The summed E-state index contributed by atoms with van der Waals surface area (Å²) in [6, 6.07) is 14.5. The summed E-state index contributed by atoms with van der Waals surface area (Å²) < 4.78 is 16.7. The minimum absolute atomic E-state index is 0.185. The number of hydrogen-bond donors (Lipinski definition) is 1. The number of aliphatic hydroxyl groups is 1. The fraction of sp³-hybridized carbons (Fsp3) is 0.500. The van der Waals surface area contributed by atoms with Crippen molar-refractivity contribution in [1.82, 2.24) is 9.80 Å². The number of ether oxygens (including phenoxy) is 3. The molecule has 2 aromatic rings. The highest BCUT2D eigenvalue weighted by atomic mass is 16.5. The molecule has 0 radical (unpaired) electrons. The van der Waals surface area contributed by atoms with Crippen molar-refractivity contribution in [3.8, 4) is 17.2 Å². The van der Waals surface area contributed by atoms with Crippen LogP contribution < -0.4 is 14.2 Å². The van der Waals surface area contributed by atoms with Crippen molar-refractivity contribution in [1.29, 1.82) is 0 Å². The van der Waals surface area contributed by atoms with Crippen LogP contribution in [0.4, 0.5) is 0 Å². The van der Waals surface area contributed by atoms with E-state index in [2.05, 4.69) is 21.9 Å². The van der Waals surface area contributed by atoms with Crippen LogP contribution in [-0.4, -0.2) is 68.0 Å². The highest BCUT2D eigenvalue weighted by molar-refractivity contribution is 5.40. The Morgan fingerprint density at radius 3 is 2.53 bits per heavy atom. The van der Waals surface area contributed by atoms with E-state index in [0.29, 0.717) is 6.61 Å². The van der Waals surface area contributed by atoms with Crippen LogP contribution in [0.3, 0.4) is 0 Å². The number of nitrogens with zero attached hydrogens (tertiary/aromatic N) is 2. The molecule has 6 nitrogen and oxygen atoms in total. The van der Waals surface area contributed by atoms with E-state index in [0.717, 1.165) is 62.0 Å². The van der Waals surface area contributed by atoms with Crippen molar-refractivity contribution in [2.45, 2.75) is 32.5 Å². The van der Waals surface area contributed by atoms with E-state index in [4.69, 9.17) is 14.2 Å². The van der Waals surface area contributed by atoms with Gasteiger partial charge in [-0.05, 0) is 37.6 Å². The second-order valence-corrected chi connectivity index (χ2v) is 7.59. The first-order valence-corrected chi connectivity index (χ1v) is 10.7. The molecule has 1 aliphatic heterocycles. The van der Waals surface area contributed by atoms with Crippen molar-refractivity contribution in [3.63, 3.8) is 0 Å². The van der Waals surface area contributed by atoms with Gasteiger partial charge in [0, 0.05) is 56.5 Å². The molecule has 0 saturated carbocycles. The van der Waals surface area contributed by atoms with Gasteiger partial charge in [-0.15, -0.1) is 0 Å². The van der Waals surface area contributed by atoms with Crippen LogP contribution in [0, 0.1) is 0 Å². The fourth-order valence-electron chi connectivity index (χ4n) is 4.13. The van der Waals surface area contributed by atoms with Crippen LogP contribution in [-0.2, 0) is 13.1 Å². The molecule has 0 bridgehead atoms. The maximum absolute atomic E-state index is 9.66. The summed E-state index contributed by atoms with van der Waals surface area (Å²) in [5.41, 5.74) is 2.32. The van der Waals surface area contributed by atoms with Crippen molar-refractivity contribution in [2.75, 3.05) is 47.1 Å². The molecule has 3 rings (SSSR count). The van der Waals surface area contributed by atoms with E-state index in [9.17, 15) is 5.11 Å². The smallest absolute Gasteiger partial charge is 0.123 e. The third-order valence-corrected chi connectivity index (χ3v) is 5.68. The van der Waals surface area contributed by atoms with Gasteiger partial charge in [-0.2, -0.15) is 0 Å². The van der Waals surface area contributed by atoms with Gasteiger partial charge in [0.05, 0.1) is 20.8 Å². The molecule has 0 amide bonds. The number of aliphatic hydroxyl groups excluding tert-OH is 1. The van der Waals surface area contributed by atoms with Gasteiger partial charge in [-0.3, -0.25) is 9.80 Å². The molecular formula is C24H34N2O4. The molecule has 1 N–H and O–H groups in total. The highest BCUT2D eigenvalue weighted by Crippen LogP contribution is 2.28. The van der Waals surface area contributed by atoms with E-state index < -0.39 is 0 Å². The van der Waals surface area contributed by atoms with E-state index >= 15 is 0 Å². The molecule has 2 aromatic carbocycles. The van der Waals surface area contributed by atoms with Crippen molar-refractivity contribution in [3.05, 3.63) is 53.6 Å². The van der Waals surface area contributed by atoms with Crippen LogP contribution in [0.25, 0.3) is 0 Å². The third-order valence-electron chi connectivity index (χ3n) is 5.68. The van der Waals surface area contributed by atoms with Crippen LogP contribution in [0.2, 0.25) is 0 Å². The number of para-hydroxylation sites is 1. The molecule has 1 aliphatic rings. The minimum Gasteiger partial charge on any atom is -0.497 e. The zero-order chi connectivity index (χ0) is 21.3. The topological polar surface area (TPSA) is 54.4 Å². The highest BCUT2D eigenvalue weighted by Gasteiger charge is 2.28. The van der Waals surface area contributed by atoms with Crippen LogP contribution >= 0.6 is 0 Å². The summed E-state index contributed by atoms with van der Waals surface area (Å²) in [4.78, 5) is 4.90. The third kappa shape index (κ3) is 5.65. The molecule has 6 heteroatoms. The Labute approximate surface area is 180 Å². The van der Waals surface area contributed by atoms with E-state index in [1.54, 1.807) is 14.2 Å². The van der Waals surface area contributed by atoms with Gasteiger partial charge in [0.15, 0.2) is 0 Å². The Morgan fingerprint density at radius 2 is 1.80 bits per heavy atom. The summed E-state index contributed by atoms with van der Waals surface area (Å²) in [7, 11) is 3.38. The summed E-state index contributed by atoms with van der Waals surface area (Å²) in [5, 5.41) is 9.66. The predicted molar refractivity (Wildman–Crippen MR) is 118 cm³/mol. The maximum atomic E-state index is 9.66. The summed E-state index contributed by atoms with van der Waals surface area (Å²) in [6.45, 7) is 7.28. The standard InChI is InChI=1S/C24H34N2O4/c1-4-30-24-8-6-5-7-19(24)17-26-13-12-25(18-21(26)11-14-27)16-20-15-22(28-2)9-10-23(20)29-3/h5-10,15,21,27H,4,11-14,16-18H2,1-3H3/t21-/m0/s1. The molecule has 1 fully saturated rings. The van der Waals surface area contributed by atoms with E-state index in [-0.39, 0.29) is 12.6 Å². The molecule has 1 atom stereocenters. The lowest BCUT2D eigenvalue weighted by atomic mass is 10.1. The predicted octanol–water partition coefficient (Wildman–Crippen LogP) is 3.17. The van der Waals surface area contributed by atoms with Crippen molar-refractivity contribution in [2.24, 2.45) is 0 Å². The molecule has 164 valence electrons. The van der Waals surface area contributed by atoms with Gasteiger partial charge in [-0.1, -0.05) is 18.2 Å². The Kier molecular flexibility index (Phi) is 8.37. The lowest BCUT2D eigenvalue weighted by Gasteiger charge is -2.41. The molecule has 0 spiro atoms. The number of piperazine rings is 1. The lowest BCUT2D eigenvalue weighted by molar-refractivity contribution is 0.0490. The Hall–Kier alpha value is -2.28. The second-order valence-electron chi connectivity index (χ2n) is 7.59. The average molecular weight is 415 g/mol. The number of hydrogen-bond acceptors (Lipinski definition) is 6. The van der Waals surface area contributed by atoms with Crippen molar-refractivity contribution >= 4 is 0 Å². The van der Waals surface area contributed by atoms with E-state index in [1.165, 1.54) is 5.56 Å². The van der Waals surface area contributed by atoms with Crippen LogP contribution in [0.15, 0.2) is 42.5 Å². The molecule has 0 aliphatic carbocycles. The molecular weight excluding hydrogens is 380 g/mol. The quantitative estimate of drug-likeness (QED) is 0.645. The molecule has 0 aromatic heterocycles. The minimum atomic E-state index is 0.185. The first-order chi connectivity index (χ1) is 14.7. The number of methoxy groups -OCH3 is 2. The normalized spacial score (nSPS) is 17.7. The fourth-order valence-corrected chi connectivity index (χ4v) is 4.13. The average Bonchev–Trinajstić information content (AvgIpc) is 2.77. The number of benzene rings is 2. The Balaban J connectivity index is 1.70. The van der Waals surface area contributed by atoms with Crippen LogP contribution in [0.1, 0.15) is 24.5 Å². The zero-order valence-electron chi connectivity index (χ0n) is 18.3. The largest absolute Gasteiger partial charge is 0.497 e. The van der Waals surface area contributed by atoms with Gasteiger partial charge < -0.3 is 19.3 Å². The summed E-state index contributed by atoms with van der Waals surface area (Å²) in [5.74, 6) is 2.66. The summed E-state index contributed by atoms with van der Waals surface area (Å²) >= 11 is 0. The van der Waals surface area contributed by atoms with Gasteiger partial charge in [0.1, 0.15) is 17.2 Å². The monoisotopic (exact) mass is 414 g/mol. The molecule has 0 unspecified atom stereocenters. The number of rotatable bonds is 10.